The average molecular weight is 234 g/mol. The van der Waals surface area contributed by atoms with Crippen molar-refractivity contribution in [2.75, 3.05) is 6.61 Å². The number of carbonyl (C=O) groups excluding carboxylic acids is 1. The van der Waals surface area contributed by atoms with E-state index in [1.807, 2.05) is 6.92 Å². The molecule has 1 rings (SSSR count). The summed E-state index contributed by atoms with van der Waals surface area (Å²) in [6.45, 7) is 4.50. The van der Waals surface area contributed by atoms with Crippen molar-refractivity contribution in [1.29, 1.82) is 0 Å². The molecule has 0 unspecified atom stereocenters. The van der Waals surface area contributed by atoms with Gasteiger partial charge in [-0.2, -0.15) is 0 Å². The Kier molecular flexibility index (Phi) is 6.38. The number of hydrogen-bond donors (Lipinski definition) is 0. The molecule has 17 heavy (non-hydrogen) atoms. The SMILES string of the molecule is CCCCc1ccc(CCC(=O)OCC)cc1. The van der Waals surface area contributed by atoms with Gasteiger partial charge in [-0.3, -0.25) is 4.79 Å². The van der Waals surface area contributed by atoms with Gasteiger partial charge in [-0.1, -0.05) is 37.6 Å². The number of esters is 1. The van der Waals surface area contributed by atoms with Crippen molar-refractivity contribution in [2.45, 2.75) is 46.0 Å². The van der Waals surface area contributed by atoms with Gasteiger partial charge in [0, 0.05) is 6.42 Å². The Morgan fingerprint density at radius 2 is 1.65 bits per heavy atom. The van der Waals surface area contributed by atoms with Crippen LogP contribution in [0.3, 0.4) is 0 Å². The van der Waals surface area contributed by atoms with Gasteiger partial charge >= 0.3 is 5.97 Å². The summed E-state index contributed by atoms with van der Waals surface area (Å²) in [5, 5.41) is 0. The lowest BCUT2D eigenvalue weighted by Crippen LogP contribution is -2.05. The summed E-state index contributed by atoms with van der Waals surface area (Å²) < 4.78 is 4.90. The standard InChI is InChI=1S/C15H22O2/c1-3-5-6-13-7-9-14(10-8-13)11-12-15(16)17-4-2/h7-10H,3-6,11-12H2,1-2H3. The van der Waals surface area contributed by atoms with Crippen LogP contribution in [0.4, 0.5) is 0 Å². The molecule has 94 valence electrons. The predicted molar refractivity (Wildman–Crippen MR) is 70.0 cm³/mol. The van der Waals surface area contributed by atoms with Crippen LogP contribution in [0.1, 0.15) is 44.2 Å². The van der Waals surface area contributed by atoms with Crippen LogP contribution in [0.25, 0.3) is 0 Å². The molecule has 2 heteroatoms. The zero-order chi connectivity index (χ0) is 12.5. The smallest absolute Gasteiger partial charge is 0.306 e. The van der Waals surface area contributed by atoms with E-state index in [4.69, 9.17) is 4.74 Å². The molecular weight excluding hydrogens is 212 g/mol. The summed E-state index contributed by atoms with van der Waals surface area (Å²) >= 11 is 0. The first kappa shape index (κ1) is 13.8. The normalized spacial score (nSPS) is 10.2. The molecule has 0 spiro atoms. The van der Waals surface area contributed by atoms with E-state index in [2.05, 4.69) is 31.2 Å². The molecule has 0 aliphatic carbocycles. The van der Waals surface area contributed by atoms with E-state index in [1.165, 1.54) is 24.0 Å². The van der Waals surface area contributed by atoms with Crippen LogP contribution < -0.4 is 0 Å². The number of hydrogen-bond acceptors (Lipinski definition) is 2. The summed E-state index contributed by atoms with van der Waals surface area (Å²) in [5.74, 6) is -0.109. The first-order valence-electron chi connectivity index (χ1n) is 6.49. The van der Waals surface area contributed by atoms with Gasteiger partial charge in [-0.15, -0.1) is 0 Å². The third-order valence-corrected chi connectivity index (χ3v) is 2.77. The van der Waals surface area contributed by atoms with Crippen LogP contribution in [-0.4, -0.2) is 12.6 Å². The molecular formula is C15H22O2. The van der Waals surface area contributed by atoms with E-state index in [0.29, 0.717) is 13.0 Å². The molecule has 0 bridgehead atoms. The zero-order valence-corrected chi connectivity index (χ0v) is 10.9. The van der Waals surface area contributed by atoms with Crippen molar-refractivity contribution in [3.05, 3.63) is 35.4 Å². The number of ether oxygens (including phenoxy) is 1. The van der Waals surface area contributed by atoms with E-state index < -0.39 is 0 Å². The van der Waals surface area contributed by atoms with E-state index in [-0.39, 0.29) is 5.97 Å². The van der Waals surface area contributed by atoms with Crippen molar-refractivity contribution in [2.24, 2.45) is 0 Å². The first-order chi connectivity index (χ1) is 8.26. The minimum Gasteiger partial charge on any atom is -0.466 e. The van der Waals surface area contributed by atoms with Crippen LogP contribution in [0, 0.1) is 0 Å². The fraction of sp³-hybridized carbons (Fsp3) is 0.533. The van der Waals surface area contributed by atoms with Gasteiger partial charge in [0.2, 0.25) is 0 Å². The highest BCUT2D eigenvalue weighted by Gasteiger charge is 2.02. The Labute approximate surface area is 104 Å². The fourth-order valence-corrected chi connectivity index (χ4v) is 1.73. The second-order valence-electron chi connectivity index (χ2n) is 4.23. The third kappa shape index (κ3) is 5.53. The molecule has 1 aromatic carbocycles. The molecule has 0 radical (unpaired) electrons. The van der Waals surface area contributed by atoms with Crippen LogP contribution in [0.5, 0.6) is 0 Å². The third-order valence-electron chi connectivity index (χ3n) is 2.77. The largest absolute Gasteiger partial charge is 0.466 e. The summed E-state index contributed by atoms with van der Waals surface area (Å²) in [5.41, 5.74) is 2.59. The predicted octanol–water partition coefficient (Wildman–Crippen LogP) is 3.52. The maximum atomic E-state index is 11.2. The number of benzene rings is 1. The average Bonchev–Trinajstić information content (AvgIpc) is 2.35. The van der Waals surface area contributed by atoms with Crippen molar-refractivity contribution in [1.82, 2.24) is 0 Å². The summed E-state index contributed by atoms with van der Waals surface area (Å²) in [6.07, 6.45) is 4.86. The van der Waals surface area contributed by atoms with Crippen LogP contribution in [-0.2, 0) is 22.4 Å². The molecule has 0 amide bonds. The lowest BCUT2D eigenvalue weighted by molar-refractivity contribution is -0.143. The molecule has 0 N–H and O–H groups in total. The minimum atomic E-state index is -0.109. The van der Waals surface area contributed by atoms with Gasteiger partial charge in [0.1, 0.15) is 0 Å². The monoisotopic (exact) mass is 234 g/mol. The maximum absolute atomic E-state index is 11.2. The fourth-order valence-electron chi connectivity index (χ4n) is 1.73. The summed E-state index contributed by atoms with van der Waals surface area (Å²) in [7, 11) is 0. The lowest BCUT2D eigenvalue weighted by Gasteiger charge is -2.04. The van der Waals surface area contributed by atoms with E-state index in [1.54, 1.807) is 0 Å². The lowest BCUT2D eigenvalue weighted by atomic mass is 10.0. The van der Waals surface area contributed by atoms with Crippen LogP contribution in [0.2, 0.25) is 0 Å². The van der Waals surface area contributed by atoms with Gasteiger partial charge < -0.3 is 4.74 Å². The van der Waals surface area contributed by atoms with Crippen molar-refractivity contribution < 1.29 is 9.53 Å². The Bertz CT molecular complexity index is 327. The Hall–Kier alpha value is -1.31. The molecule has 0 heterocycles. The van der Waals surface area contributed by atoms with Gasteiger partial charge in [0.25, 0.3) is 0 Å². The highest BCUT2D eigenvalue weighted by atomic mass is 16.5. The topological polar surface area (TPSA) is 26.3 Å². The van der Waals surface area contributed by atoms with E-state index in [9.17, 15) is 4.79 Å². The first-order valence-corrected chi connectivity index (χ1v) is 6.49. The Morgan fingerprint density at radius 3 is 2.18 bits per heavy atom. The Balaban J connectivity index is 2.37. The van der Waals surface area contributed by atoms with Crippen LogP contribution >= 0.6 is 0 Å². The molecule has 0 fully saturated rings. The molecule has 0 saturated heterocycles. The zero-order valence-electron chi connectivity index (χ0n) is 10.9. The molecule has 1 aromatic rings. The Morgan fingerprint density at radius 1 is 1.06 bits per heavy atom. The second-order valence-corrected chi connectivity index (χ2v) is 4.23. The van der Waals surface area contributed by atoms with Gasteiger partial charge in [0.15, 0.2) is 0 Å². The molecule has 0 aliphatic heterocycles. The highest BCUT2D eigenvalue weighted by Crippen LogP contribution is 2.09. The van der Waals surface area contributed by atoms with Gasteiger partial charge in [-0.05, 0) is 37.3 Å². The van der Waals surface area contributed by atoms with Crippen molar-refractivity contribution in [3.63, 3.8) is 0 Å². The van der Waals surface area contributed by atoms with Gasteiger partial charge in [0.05, 0.1) is 6.61 Å². The number of carbonyl (C=O) groups is 1. The molecule has 0 aliphatic rings. The van der Waals surface area contributed by atoms with Crippen LogP contribution in [0.15, 0.2) is 24.3 Å². The molecule has 0 saturated carbocycles. The summed E-state index contributed by atoms with van der Waals surface area (Å²) in [6, 6.07) is 8.56. The number of rotatable bonds is 7. The number of unbranched alkanes of at least 4 members (excludes halogenated alkanes) is 1. The minimum absolute atomic E-state index is 0.109. The van der Waals surface area contributed by atoms with Crippen molar-refractivity contribution in [3.8, 4) is 0 Å². The van der Waals surface area contributed by atoms with E-state index in [0.717, 1.165) is 12.8 Å². The maximum Gasteiger partial charge on any atom is 0.306 e. The molecule has 0 atom stereocenters. The molecule has 0 aromatic heterocycles. The quantitative estimate of drug-likeness (QED) is 0.675. The highest BCUT2D eigenvalue weighted by molar-refractivity contribution is 5.69. The van der Waals surface area contributed by atoms with E-state index >= 15 is 0 Å². The van der Waals surface area contributed by atoms with Gasteiger partial charge in [-0.25, -0.2) is 0 Å². The molecule has 2 nitrogen and oxygen atoms in total. The van der Waals surface area contributed by atoms with Crippen molar-refractivity contribution >= 4 is 5.97 Å². The number of aryl methyl sites for hydroxylation is 2. The summed E-state index contributed by atoms with van der Waals surface area (Å²) in [4.78, 5) is 11.2. The second kappa shape index (κ2) is 7.88.